The summed E-state index contributed by atoms with van der Waals surface area (Å²) in [7, 11) is 0. The Labute approximate surface area is 164 Å². The summed E-state index contributed by atoms with van der Waals surface area (Å²) in [5.41, 5.74) is 7.75. The van der Waals surface area contributed by atoms with Crippen LogP contribution in [0.3, 0.4) is 0 Å². The molecule has 2 atom stereocenters. The van der Waals surface area contributed by atoms with Gasteiger partial charge in [-0.05, 0) is 36.6 Å². The molecule has 0 heterocycles. The molecule has 0 fully saturated rings. The second-order valence-electron chi connectivity index (χ2n) is 6.37. The first kappa shape index (κ1) is 21.0. The van der Waals surface area contributed by atoms with E-state index in [-0.39, 0.29) is 6.42 Å². The number of anilines is 1. The Kier molecular flexibility index (Phi) is 7.56. The number of urea groups is 1. The third-order valence-electron chi connectivity index (χ3n) is 4.18. The van der Waals surface area contributed by atoms with E-state index in [4.69, 9.17) is 10.5 Å². The van der Waals surface area contributed by atoms with Crippen LogP contribution >= 0.6 is 0 Å². The molecule has 4 N–H and O–H groups in total. The highest BCUT2D eigenvalue weighted by atomic mass is 16.5. The number of esters is 1. The third-order valence-corrected chi connectivity index (χ3v) is 4.18. The largest absolute Gasteiger partial charge is 0.451 e. The standard InChI is InChI=1S/C21H25N3O4/c1-3-15-9-11-17(12-10-15)23-19(25)14(2)28-20(26)18(24-21(22)27)13-16-7-5-4-6-8-16/h4-12,14,18H,3,13H2,1-2H3,(H,23,25)(H3,22,24,27)/t14-,18-/m0/s1. The summed E-state index contributed by atoms with van der Waals surface area (Å²) < 4.78 is 5.24. The maximum Gasteiger partial charge on any atom is 0.329 e. The number of nitrogens with one attached hydrogen (secondary N) is 2. The van der Waals surface area contributed by atoms with E-state index in [1.54, 1.807) is 12.1 Å². The Morgan fingerprint density at radius 1 is 1.00 bits per heavy atom. The number of aryl methyl sites for hydroxylation is 1. The highest BCUT2D eigenvalue weighted by Crippen LogP contribution is 2.12. The number of nitrogens with two attached hydrogens (primary N) is 1. The lowest BCUT2D eigenvalue weighted by atomic mass is 10.1. The first-order valence-corrected chi connectivity index (χ1v) is 9.09. The minimum Gasteiger partial charge on any atom is -0.451 e. The van der Waals surface area contributed by atoms with Crippen molar-refractivity contribution in [2.45, 2.75) is 38.8 Å². The number of carbonyl (C=O) groups is 3. The molecule has 2 aromatic rings. The topological polar surface area (TPSA) is 111 Å². The molecule has 0 unspecified atom stereocenters. The van der Waals surface area contributed by atoms with E-state index < -0.39 is 30.1 Å². The second-order valence-corrected chi connectivity index (χ2v) is 6.37. The van der Waals surface area contributed by atoms with Crippen molar-refractivity contribution in [2.24, 2.45) is 5.73 Å². The summed E-state index contributed by atoms with van der Waals surface area (Å²) in [6.07, 6.45) is 0.0687. The summed E-state index contributed by atoms with van der Waals surface area (Å²) in [6.45, 7) is 3.51. The summed E-state index contributed by atoms with van der Waals surface area (Å²) in [6, 6.07) is 14.7. The van der Waals surface area contributed by atoms with Gasteiger partial charge < -0.3 is 21.1 Å². The monoisotopic (exact) mass is 383 g/mol. The average molecular weight is 383 g/mol. The molecule has 0 radical (unpaired) electrons. The van der Waals surface area contributed by atoms with Crippen LogP contribution in [0.1, 0.15) is 25.0 Å². The van der Waals surface area contributed by atoms with Gasteiger partial charge in [0.1, 0.15) is 6.04 Å². The molecule has 0 aromatic heterocycles. The van der Waals surface area contributed by atoms with Crippen LogP contribution in [0.15, 0.2) is 54.6 Å². The highest BCUT2D eigenvalue weighted by Gasteiger charge is 2.26. The molecule has 7 heteroatoms. The van der Waals surface area contributed by atoms with Gasteiger partial charge in [0.2, 0.25) is 0 Å². The summed E-state index contributed by atoms with van der Waals surface area (Å²) in [5, 5.41) is 5.07. The number of hydrogen-bond donors (Lipinski definition) is 3. The minimum atomic E-state index is -1.04. The molecular formula is C21H25N3O4. The second kappa shape index (κ2) is 10.1. The molecule has 2 rings (SSSR count). The Morgan fingerprint density at radius 2 is 1.64 bits per heavy atom. The maximum atomic E-state index is 12.5. The van der Waals surface area contributed by atoms with Crippen molar-refractivity contribution < 1.29 is 19.1 Å². The van der Waals surface area contributed by atoms with Crippen LogP contribution < -0.4 is 16.4 Å². The van der Waals surface area contributed by atoms with Crippen molar-refractivity contribution in [1.82, 2.24) is 5.32 Å². The molecule has 0 saturated carbocycles. The predicted octanol–water partition coefficient (Wildman–Crippen LogP) is 2.40. The van der Waals surface area contributed by atoms with Crippen molar-refractivity contribution in [1.29, 1.82) is 0 Å². The van der Waals surface area contributed by atoms with Gasteiger partial charge in [0.05, 0.1) is 0 Å². The van der Waals surface area contributed by atoms with E-state index in [9.17, 15) is 14.4 Å². The van der Waals surface area contributed by atoms with Gasteiger partial charge in [-0.1, -0.05) is 49.4 Å². The van der Waals surface area contributed by atoms with Crippen LogP contribution in [-0.2, 0) is 27.2 Å². The molecule has 0 saturated heterocycles. The number of amides is 3. The number of rotatable bonds is 8. The van der Waals surface area contributed by atoms with Crippen molar-refractivity contribution in [3.05, 3.63) is 65.7 Å². The normalized spacial score (nSPS) is 12.5. The van der Waals surface area contributed by atoms with E-state index in [0.29, 0.717) is 5.69 Å². The molecule has 3 amide bonds. The van der Waals surface area contributed by atoms with Crippen molar-refractivity contribution in [3.8, 4) is 0 Å². The fourth-order valence-corrected chi connectivity index (χ4v) is 2.59. The van der Waals surface area contributed by atoms with Gasteiger partial charge in [0, 0.05) is 12.1 Å². The Morgan fingerprint density at radius 3 is 2.21 bits per heavy atom. The van der Waals surface area contributed by atoms with Crippen LogP contribution in [-0.4, -0.2) is 30.1 Å². The van der Waals surface area contributed by atoms with Crippen LogP contribution in [0.2, 0.25) is 0 Å². The van der Waals surface area contributed by atoms with Crippen LogP contribution in [0.4, 0.5) is 10.5 Å². The average Bonchev–Trinajstić information content (AvgIpc) is 2.68. The fraction of sp³-hybridized carbons (Fsp3) is 0.286. The summed E-state index contributed by atoms with van der Waals surface area (Å²) in [4.78, 5) is 36.0. The van der Waals surface area contributed by atoms with Gasteiger partial charge in [0.15, 0.2) is 6.10 Å². The van der Waals surface area contributed by atoms with Crippen LogP contribution in [0.5, 0.6) is 0 Å². The van der Waals surface area contributed by atoms with Crippen molar-refractivity contribution >= 4 is 23.6 Å². The lowest BCUT2D eigenvalue weighted by molar-refractivity contribution is -0.155. The first-order chi connectivity index (χ1) is 13.4. The van der Waals surface area contributed by atoms with Crippen LogP contribution in [0.25, 0.3) is 0 Å². The molecule has 0 aliphatic rings. The molecule has 2 aromatic carbocycles. The molecule has 7 nitrogen and oxygen atoms in total. The minimum absolute atomic E-state index is 0.204. The third kappa shape index (κ3) is 6.42. The van der Waals surface area contributed by atoms with E-state index >= 15 is 0 Å². The Bertz CT molecular complexity index is 806. The van der Waals surface area contributed by atoms with Gasteiger partial charge in [-0.25, -0.2) is 9.59 Å². The number of benzene rings is 2. The zero-order chi connectivity index (χ0) is 20.5. The van der Waals surface area contributed by atoms with Crippen LogP contribution in [0, 0.1) is 0 Å². The van der Waals surface area contributed by atoms with Gasteiger partial charge in [-0.2, -0.15) is 0 Å². The summed E-state index contributed by atoms with van der Waals surface area (Å²) >= 11 is 0. The van der Waals surface area contributed by atoms with E-state index in [0.717, 1.165) is 17.5 Å². The number of hydrogen-bond acceptors (Lipinski definition) is 4. The zero-order valence-electron chi connectivity index (χ0n) is 16.0. The summed E-state index contributed by atoms with van der Waals surface area (Å²) in [5.74, 6) is -1.19. The SMILES string of the molecule is CCc1ccc(NC(=O)[C@H](C)OC(=O)[C@H](Cc2ccccc2)NC(N)=O)cc1. The van der Waals surface area contributed by atoms with Gasteiger partial charge in [-0.3, -0.25) is 4.79 Å². The Balaban J connectivity index is 1.97. The lowest BCUT2D eigenvalue weighted by Crippen LogP contribution is -2.47. The van der Waals surface area contributed by atoms with Crippen molar-refractivity contribution in [2.75, 3.05) is 5.32 Å². The molecule has 0 spiro atoms. The maximum absolute atomic E-state index is 12.5. The molecule has 28 heavy (non-hydrogen) atoms. The smallest absolute Gasteiger partial charge is 0.329 e. The molecule has 0 aliphatic heterocycles. The molecular weight excluding hydrogens is 358 g/mol. The molecule has 148 valence electrons. The predicted molar refractivity (Wildman–Crippen MR) is 107 cm³/mol. The van der Waals surface area contributed by atoms with Gasteiger partial charge >= 0.3 is 12.0 Å². The number of primary amides is 1. The quantitative estimate of drug-likeness (QED) is 0.608. The number of ether oxygens (including phenoxy) is 1. The van der Waals surface area contributed by atoms with Gasteiger partial charge in [0.25, 0.3) is 5.91 Å². The van der Waals surface area contributed by atoms with Gasteiger partial charge in [-0.15, -0.1) is 0 Å². The van der Waals surface area contributed by atoms with E-state index in [2.05, 4.69) is 10.6 Å². The first-order valence-electron chi connectivity index (χ1n) is 9.09. The fourth-order valence-electron chi connectivity index (χ4n) is 2.59. The number of carbonyl (C=O) groups excluding carboxylic acids is 3. The zero-order valence-corrected chi connectivity index (χ0v) is 16.0. The van der Waals surface area contributed by atoms with E-state index in [1.807, 2.05) is 49.4 Å². The highest BCUT2D eigenvalue weighted by molar-refractivity contribution is 5.95. The molecule has 0 aliphatic carbocycles. The molecule has 0 bridgehead atoms. The Hall–Kier alpha value is -3.35. The van der Waals surface area contributed by atoms with E-state index in [1.165, 1.54) is 6.92 Å². The lowest BCUT2D eigenvalue weighted by Gasteiger charge is -2.20. The van der Waals surface area contributed by atoms with Crippen molar-refractivity contribution in [3.63, 3.8) is 0 Å².